The zero-order valence-corrected chi connectivity index (χ0v) is 6.59. The number of hydrazone groups is 1. The van der Waals surface area contributed by atoms with Gasteiger partial charge < -0.3 is 0 Å². The van der Waals surface area contributed by atoms with E-state index in [1.165, 1.54) is 0 Å². The molecule has 0 radical (unpaired) electrons. The van der Waals surface area contributed by atoms with Gasteiger partial charge in [-0.05, 0) is 20.3 Å². The lowest BCUT2D eigenvalue weighted by atomic mass is 10.5. The summed E-state index contributed by atoms with van der Waals surface area (Å²) in [6.45, 7) is 8.32. The molecule has 0 spiro atoms. The summed E-state index contributed by atoms with van der Waals surface area (Å²) in [6, 6.07) is 0. The maximum Gasteiger partial charge on any atom is 0.0331 e. The van der Waals surface area contributed by atoms with E-state index in [0.29, 0.717) is 0 Å². The lowest BCUT2D eigenvalue weighted by molar-refractivity contribution is 0.322. The molecule has 0 heterocycles. The van der Waals surface area contributed by atoms with Crippen LogP contribution in [-0.4, -0.2) is 24.3 Å². The van der Waals surface area contributed by atoms with Crippen molar-refractivity contribution < 1.29 is 0 Å². The van der Waals surface area contributed by atoms with Crippen LogP contribution < -0.4 is 0 Å². The van der Waals surface area contributed by atoms with Crippen molar-refractivity contribution in [2.24, 2.45) is 5.10 Å². The fourth-order valence-electron chi connectivity index (χ4n) is 0.584. The third-order valence-electron chi connectivity index (χ3n) is 1.16. The Balaban J connectivity index is 3.41. The van der Waals surface area contributed by atoms with Gasteiger partial charge in [-0.15, -0.1) is 0 Å². The molecule has 0 aliphatic heterocycles. The Morgan fingerprint density at radius 1 is 1.22 bits per heavy atom. The molecule has 0 aliphatic carbocycles. The minimum atomic E-state index is 1.01. The van der Waals surface area contributed by atoms with Gasteiger partial charge in [0.25, 0.3) is 0 Å². The normalized spacial score (nSPS) is 10.6. The van der Waals surface area contributed by atoms with Gasteiger partial charge in [0.1, 0.15) is 0 Å². The summed E-state index contributed by atoms with van der Waals surface area (Å²) in [5.74, 6) is 0. The summed E-state index contributed by atoms with van der Waals surface area (Å²) < 4.78 is 0. The summed E-state index contributed by atoms with van der Waals surface area (Å²) in [4.78, 5) is 0. The minimum Gasteiger partial charge on any atom is -0.298 e. The topological polar surface area (TPSA) is 15.6 Å². The van der Waals surface area contributed by atoms with Gasteiger partial charge in [-0.2, -0.15) is 5.10 Å². The number of nitrogens with zero attached hydrogens (tertiary/aromatic N) is 2. The van der Waals surface area contributed by atoms with Crippen LogP contribution in [0.1, 0.15) is 27.2 Å². The van der Waals surface area contributed by atoms with Crippen molar-refractivity contribution in [1.82, 2.24) is 5.01 Å². The molecule has 2 nitrogen and oxygen atoms in total. The van der Waals surface area contributed by atoms with Crippen LogP contribution in [0.25, 0.3) is 0 Å². The molecule has 0 saturated heterocycles. The van der Waals surface area contributed by atoms with Crippen LogP contribution in [0.4, 0.5) is 0 Å². The fourth-order valence-corrected chi connectivity index (χ4v) is 0.584. The molecule has 0 amide bonds. The van der Waals surface area contributed by atoms with E-state index in [0.717, 1.165) is 19.5 Å². The molecule has 0 atom stereocenters. The summed E-state index contributed by atoms with van der Waals surface area (Å²) in [5.41, 5.74) is 0. The van der Waals surface area contributed by atoms with Crippen LogP contribution in [-0.2, 0) is 0 Å². The van der Waals surface area contributed by atoms with Crippen molar-refractivity contribution in [3.63, 3.8) is 0 Å². The molecular weight excluding hydrogens is 112 g/mol. The first kappa shape index (κ1) is 8.47. The van der Waals surface area contributed by atoms with Gasteiger partial charge in [0, 0.05) is 19.3 Å². The van der Waals surface area contributed by atoms with Gasteiger partial charge in [-0.25, -0.2) is 0 Å². The molecule has 0 aromatic heterocycles. The van der Waals surface area contributed by atoms with E-state index in [9.17, 15) is 0 Å². The zero-order chi connectivity index (χ0) is 7.11. The first-order chi connectivity index (χ1) is 4.35. The fraction of sp³-hybridized carbons (Fsp3) is 0.857. The molecule has 0 rings (SSSR count). The Labute approximate surface area is 57.6 Å². The summed E-state index contributed by atoms with van der Waals surface area (Å²) in [5, 5.41) is 6.22. The lowest BCUT2D eigenvalue weighted by Crippen LogP contribution is -2.15. The van der Waals surface area contributed by atoms with Gasteiger partial charge in [0.2, 0.25) is 0 Å². The molecule has 0 N–H and O–H groups in total. The first-order valence-corrected chi connectivity index (χ1v) is 3.62. The number of hydrogen-bond acceptors (Lipinski definition) is 2. The molecule has 0 unspecified atom stereocenters. The standard InChI is InChI=1S/C7H16N2/c1-4-7-8-9(5-2)6-3/h7H,4-6H2,1-3H3/b8-7-. The molecule has 0 aromatic rings. The Morgan fingerprint density at radius 3 is 2.11 bits per heavy atom. The van der Waals surface area contributed by atoms with Gasteiger partial charge >= 0.3 is 0 Å². The molecule has 0 fully saturated rings. The van der Waals surface area contributed by atoms with E-state index in [2.05, 4.69) is 25.9 Å². The average Bonchev–Trinajstić information content (AvgIpc) is 1.91. The largest absolute Gasteiger partial charge is 0.298 e. The Morgan fingerprint density at radius 2 is 1.78 bits per heavy atom. The van der Waals surface area contributed by atoms with Crippen molar-refractivity contribution in [1.29, 1.82) is 0 Å². The summed E-state index contributed by atoms with van der Waals surface area (Å²) in [6.07, 6.45) is 2.96. The molecule has 0 bridgehead atoms. The van der Waals surface area contributed by atoms with E-state index in [4.69, 9.17) is 0 Å². The monoisotopic (exact) mass is 128 g/mol. The predicted octanol–water partition coefficient (Wildman–Crippen LogP) is 1.72. The molecule has 0 aromatic carbocycles. The number of rotatable bonds is 4. The summed E-state index contributed by atoms with van der Waals surface area (Å²) in [7, 11) is 0. The predicted molar refractivity (Wildman–Crippen MR) is 41.7 cm³/mol. The average molecular weight is 128 g/mol. The zero-order valence-electron chi connectivity index (χ0n) is 6.59. The van der Waals surface area contributed by atoms with Crippen LogP contribution in [0.2, 0.25) is 0 Å². The quantitative estimate of drug-likeness (QED) is 0.416. The highest BCUT2D eigenvalue weighted by Crippen LogP contribution is 1.85. The van der Waals surface area contributed by atoms with Crippen molar-refractivity contribution in [2.45, 2.75) is 27.2 Å². The van der Waals surface area contributed by atoms with Crippen molar-refractivity contribution in [2.75, 3.05) is 13.1 Å². The Bertz CT molecular complexity index is 75.0. The highest BCUT2D eigenvalue weighted by Gasteiger charge is 1.87. The highest BCUT2D eigenvalue weighted by molar-refractivity contribution is 5.55. The van der Waals surface area contributed by atoms with Crippen molar-refractivity contribution in [3.8, 4) is 0 Å². The Hall–Kier alpha value is -0.530. The van der Waals surface area contributed by atoms with Crippen LogP contribution in [0.3, 0.4) is 0 Å². The smallest absolute Gasteiger partial charge is 0.0331 e. The summed E-state index contributed by atoms with van der Waals surface area (Å²) >= 11 is 0. The van der Waals surface area contributed by atoms with E-state index in [1.54, 1.807) is 0 Å². The third-order valence-corrected chi connectivity index (χ3v) is 1.16. The van der Waals surface area contributed by atoms with E-state index < -0.39 is 0 Å². The second-order valence-corrected chi connectivity index (χ2v) is 1.85. The molecular formula is C7H16N2. The second-order valence-electron chi connectivity index (χ2n) is 1.85. The van der Waals surface area contributed by atoms with Gasteiger partial charge in [0.15, 0.2) is 0 Å². The van der Waals surface area contributed by atoms with E-state index in [1.807, 2.05) is 11.2 Å². The van der Waals surface area contributed by atoms with Crippen LogP contribution in [0, 0.1) is 0 Å². The highest BCUT2D eigenvalue weighted by atomic mass is 15.4. The van der Waals surface area contributed by atoms with Gasteiger partial charge in [0.05, 0.1) is 0 Å². The molecule has 0 aliphatic rings. The SMILES string of the molecule is CC/C=N\N(CC)CC. The maximum absolute atomic E-state index is 4.19. The molecule has 2 heteroatoms. The van der Waals surface area contributed by atoms with Crippen molar-refractivity contribution in [3.05, 3.63) is 0 Å². The van der Waals surface area contributed by atoms with E-state index >= 15 is 0 Å². The molecule has 0 saturated carbocycles. The first-order valence-electron chi connectivity index (χ1n) is 3.62. The lowest BCUT2D eigenvalue weighted by Gasteiger charge is -2.12. The number of hydrogen-bond donors (Lipinski definition) is 0. The van der Waals surface area contributed by atoms with Crippen molar-refractivity contribution >= 4 is 6.21 Å². The molecule has 9 heavy (non-hydrogen) atoms. The van der Waals surface area contributed by atoms with Gasteiger partial charge in [-0.1, -0.05) is 6.92 Å². The maximum atomic E-state index is 4.19. The van der Waals surface area contributed by atoms with Gasteiger partial charge in [-0.3, -0.25) is 5.01 Å². The third kappa shape index (κ3) is 4.01. The van der Waals surface area contributed by atoms with Crippen LogP contribution in [0.5, 0.6) is 0 Å². The Kier molecular flexibility index (Phi) is 5.27. The van der Waals surface area contributed by atoms with Crippen LogP contribution >= 0.6 is 0 Å². The second kappa shape index (κ2) is 5.60. The molecule has 54 valence electrons. The van der Waals surface area contributed by atoms with Crippen LogP contribution in [0.15, 0.2) is 5.10 Å². The van der Waals surface area contributed by atoms with E-state index in [-0.39, 0.29) is 0 Å². The minimum absolute atomic E-state index is 1.01.